The molecule has 1 aromatic rings. The van der Waals surface area contributed by atoms with Crippen molar-refractivity contribution in [3.63, 3.8) is 0 Å². The van der Waals surface area contributed by atoms with Crippen LogP contribution in [0, 0.1) is 25.2 Å². The minimum Gasteiger partial charge on any atom is -0.384 e. The van der Waals surface area contributed by atoms with Gasteiger partial charge in [-0.2, -0.15) is 0 Å². The van der Waals surface area contributed by atoms with Crippen molar-refractivity contribution in [2.45, 2.75) is 26.7 Å². The number of likely N-dealkylation sites (N-methyl/N-ethyl adjacent to an activating group) is 1. The van der Waals surface area contributed by atoms with E-state index in [1.54, 1.807) is 0 Å². The second-order valence-corrected chi connectivity index (χ2v) is 5.60. The van der Waals surface area contributed by atoms with E-state index in [4.69, 9.17) is 15.9 Å². The lowest BCUT2D eigenvalue weighted by Crippen LogP contribution is -2.27. The molecule has 3 N–H and O–H groups in total. The first-order valence-corrected chi connectivity index (χ1v) is 7.10. The lowest BCUT2D eigenvalue weighted by molar-refractivity contribution is 0.131. The minimum absolute atomic E-state index is 0.0655. The molecule has 0 atom stereocenters. The average Bonchev–Trinajstić information content (AvgIpc) is 3.16. The van der Waals surface area contributed by atoms with Crippen LogP contribution in [0.3, 0.4) is 0 Å². The van der Waals surface area contributed by atoms with Crippen LogP contribution in [0.25, 0.3) is 0 Å². The number of hydrogen-bond acceptors (Lipinski definition) is 4. The van der Waals surface area contributed by atoms with E-state index in [2.05, 4.69) is 9.88 Å². The molecule has 2 rings (SSSR count). The van der Waals surface area contributed by atoms with Gasteiger partial charge in [0.2, 0.25) is 0 Å². The molecule has 5 heteroatoms. The summed E-state index contributed by atoms with van der Waals surface area (Å²) in [4.78, 5) is 6.48. The number of amidine groups is 1. The Morgan fingerprint density at radius 3 is 2.80 bits per heavy atom. The number of pyridine rings is 1. The molecule has 1 aromatic heterocycles. The van der Waals surface area contributed by atoms with Crippen molar-refractivity contribution in [1.82, 2.24) is 4.98 Å². The Hall–Kier alpha value is -1.62. The van der Waals surface area contributed by atoms with Crippen LogP contribution in [0.15, 0.2) is 6.07 Å². The van der Waals surface area contributed by atoms with Crippen LogP contribution in [-0.4, -0.2) is 37.6 Å². The second-order valence-electron chi connectivity index (χ2n) is 5.60. The molecule has 0 saturated heterocycles. The zero-order valence-corrected chi connectivity index (χ0v) is 12.6. The highest BCUT2D eigenvalue weighted by Crippen LogP contribution is 2.28. The largest absolute Gasteiger partial charge is 0.384 e. The summed E-state index contributed by atoms with van der Waals surface area (Å²) >= 11 is 0. The molecule has 1 heterocycles. The Labute approximate surface area is 120 Å². The standard InChI is InChI=1S/C15H24N4O/c1-10-8-13(14(15(16)17)11(2)18-10)19(3)6-7-20-9-12-4-5-12/h8,12H,4-7,9H2,1-3H3,(H3,16,17). The van der Waals surface area contributed by atoms with Gasteiger partial charge in [-0.25, -0.2) is 0 Å². The first-order valence-electron chi connectivity index (χ1n) is 7.10. The molecular formula is C15H24N4O. The SMILES string of the molecule is Cc1cc(N(C)CCOCC2CC2)c(C(=N)N)c(C)n1. The Balaban J connectivity index is 2.02. The van der Waals surface area contributed by atoms with Crippen LogP contribution in [0.5, 0.6) is 0 Å². The molecule has 0 radical (unpaired) electrons. The van der Waals surface area contributed by atoms with Crippen molar-refractivity contribution >= 4 is 11.5 Å². The van der Waals surface area contributed by atoms with Crippen LogP contribution >= 0.6 is 0 Å². The van der Waals surface area contributed by atoms with Crippen molar-refractivity contribution in [2.75, 3.05) is 31.7 Å². The van der Waals surface area contributed by atoms with E-state index in [1.165, 1.54) is 12.8 Å². The summed E-state index contributed by atoms with van der Waals surface area (Å²) in [5.74, 6) is 0.856. The number of aryl methyl sites for hydroxylation is 2. The fraction of sp³-hybridized carbons (Fsp3) is 0.600. The number of nitrogens with two attached hydrogens (primary N) is 1. The predicted octanol–water partition coefficient (Wildman–Crippen LogP) is 1.85. The van der Waals surface area contributed by atoms with Crippen molar-refractivity contribution in [1.29, 1.82) is 5.41 Å². The maximum Gasteiger partial charge on any atom is 0.126 e. The fourth-order valence-corrected chi connectivity index (χ4v) is 2.30. The summed E-state index contributed by atoms with van der Waals surface area (Å²) in [6, 6.07) is 1.98. The molecule has 1 aliphatic rings. The zero-order valence-electron chi connectivity index (χ0n) is 12.6. The summed E-state index contributed by atoms with van der Waals surface area (Å²) in [6.45, 7) is 6.21. The van der Waals surface area contributed by atoms with Gasteiger partial charge in [0.1, 0.15) is 5.84 Å². The lowest BCUT2D eigenvalue weighted by Gasteiger charge is -2.23. The van der Waals surface area contributed by atoms with Crippen LogP contribution in [0.1, 0.15) is 29.8 Å². The summed E-state index contributed by atoms with van der Waals surface area (Å²) in [5, 5.41) is 7.74. The van der Waals surface area contributed by atoms with Gasteiger partial charge in [0.05, 0.1) is 23.6 Å². The first-order chi connectivity index (χ1) is 9.49. The van der Waals surface area contributed by atoms with Crippen molar-refractivity contribution in [2.24, 2.45) is 11.7 Å². The van der Waals surface area contributed by atoms with Gasteiger partial charge in [0.25, 0.3) is 0 Å². The van der Waals surface area contributed by atoms with E-state index in [-0.39, 0.29) is 5.84 Å². The molecule has 0 aromatic carbocycles. The van der Waals surface area contributed by atoms with Crippen LogP contribution in [0.4, 0.5) is 5.69 Å². The van der Waals surface area contributed by atoms with Crippen molar-refractivity contribution in [3.05, 3.63) is 23.0 Å². The van der Waals surface area contributed by atoms with E-state index in [9.17, 15) is 0 Å². The van der Waals surface area contributed by atoms with Crippen molar-refractivity contribution in [3.8, 4) is 0 Å². The molecule has 1 fully saturated rings. The number of rotatable bonds is 7. The number of ether oxygens (including phenoxy) is 1. The third-order valence-electron chi connectivity index (χ3n) is 3.61. The van der Waals surface area contributed by atoms with Crippen LogP contribution in [-0.2, 0) is 4.74 Å². The highest BCUT2D eigenvalue weighted by molar-refractivity contribution is 6.01. The maximum absolute atomic E-state index is 7.74. The van der Waals surface area contributed by atoms with Gasteiger partial charge < -0.3 is 15.4 Å². The fourth-order valence-electron chi connectivity index (χ4n) is 2.30. The molecule has 0 spiro atoms. The topological polar surface area (TPSA) is 75.2 Å². The highest BCUT2D eigenvalue weighted by atomic mass is 16.5. The third-order valence-corrected chi connectivity index (χ3v) is 3.61. The Bertz CT molecular complexity index is 497. The summed E-state index contributed by atoms with van der Waals surface area (Å²) < 4.78 is 5.67. The molecule has 0 amide bonds. The van der Waals surface area contributed by atoms with Crippen LogP contribution < -0.4 is 10.6 Å². The summed E-state index contributed by atoms with van der Waals surface area (Å²) in [6.07, 6.45) is 2.63. The first kappa shape index (κ1) is 14.8. The normalized spacial score (nSPS) is 14.3. The summed E-state index contributed by atoms with van der Waals surface area (Å²) in [7, 11) is 2.00. The number of nitrogen functional groups attached to an aromatic ring is 1. The quantitative estimate of drug-likeness (QED) is 0.453. The van der Waals surface area contributed by atoms with E-state index in [1.807, 2.05) is 27.0 Å². The zero-order chi connectivity index (χ0) is 14.7. The molecule has 5 nitrogen and oxygen atoms in total. The van der Waals surface area contributed by atoms with E-state index in [0.29, 0.717) is 6.61 Å². The average molecular weight is 276 g/mol. The van der Waals surface area contributed by atoms with Gasteiger partial charge >= 0.3 is 0 Å². The van der Waals surface area contributed by atoms with Gasteiger partial charge in [-0.3, -0.25) is 10.4 Å². The molecule has 1 aliphatic carbocycles. The molecule has 0 bridgehead atoms. The van der Waals surface area contributed by atoms with Gasteiger partial charge in [0.15, 0.2) is 0 Å². The molecular weight excluding hydrogens is 252 g/mol. The number of aromatic nitrogens is 1. The summed E-state index contributed by atoms with van der Waals surface area (Å²) in [5.41, 5.74) is 9.11. The number of nitrogens with zero attached hydrogens (tertiary/aromatic N) is 2. The van der Waals surface area contributed by atoms with E-state index in [0.717, 1.165) is 41.7 Å². The Morgan fingerprint density at radius 1 is 1.50 bits per heavy atom. The number of hydrogen-bond donors (Lipinski definition) is 2. The monoisotopic (exact) mass is 276 g/mol. The molecule has 110 valence electrons. The molecule has 0 unspecified atom stereocenters. The van der Waals surface area contributed by atoms with Gasteiger partial charge in [-0.05, 0) is 38.7 Å². The third kappa shape index (κ3) is 3.70. The Morgan fingerprint density at radius 2 is 2.20 bits per heavy atom. The number of anilines is 1. The molecule has 20 heavy (non-hydrogen) atoms. The van der Waals surface area contributed by atoms with Gasteiger partial charge in [-0.15, -0.1) is 0 Å². The smallest absolute Gasteiger partial charge is 0.126 e. The van der Waals surface area contributed by atoms with Crippen molar-refractivity contribution < 1.29 is 4.74 Å². The van der Waals surface area contributed by atoms with Gasteiger partial charge in [0, 0.05) is 25.9 Å². The molecule has 0 aliphatic heterocycles. The Kier molecular flexibility index (Phi) is 4.60. The minimum atomic E-state index is 0.0655. The second kappa shape index (κ2) is 6.22. The molecule has 1 saturated carbocycles. The van der Waals surface area contributed by atoms with E-state index < -0.39 is 0 Å². The van der Waals surface area contributed by atoms with Crippen LogP contribution in [0.2, 0.25) is 0 Å². The van der Waals surface area contributed by atoms with Gasteiger partial charge in [-0.1, -0.05) is 0 Å². The predicted molar refractivity (Wildman–Crippen MR) is 81.5 cm³/mol. The highest BCUT2D eigenvalue weighted by Gasteiger charge is 2.21. The number of nitrogens with one attached hydrogen (secondary N) is 1. The van der Waals surface area contributed by atoms with E-state index >= 15 is 0 Å². The lowest BCUT2D eigenvalue weighted by atomic mass is 10.1. The maximum atomic E-state index is 7.74.